The van der Waals surface area contributed by atoms with Gasteiger partial charge >= 0.3 is 5.97 Å². The second-order valence-electron chi connectivity index (χ2n) is 6.09. The van der Waals surface area contributed by atoms with E-state index in [1.165, 1.54) is 11.8 Å². The summed E-state index contributed by atoms with van der Waals surface area (Å²) in [6.45, 7) is 2.88. The number of hydrogen-bond acceptors (Lipinski definition) is 7. The minimum atomic E-state index is -0.309. The Hall–Kier alpha value is -3.33. The number of esters is 1. The van der Waals surface area contributed by atoms with Crippen molar-refractivity contribution in [2.24, 2.45) is 0 Å². The molecule has 29 heavy (non-hydrogen) atoms. The first kappa shape index (κ1) is 19.0. The minimum absolute atomic E-state index is 0.154. The number of furan rings is 1. The Morgan fingerprint density at radius 2 is 2.03 bits per heavy atom. The molecule has 4 rings (SSSR count). The van der Waals surface area contributed by atoms with Crippen LogP contribution in [0.15, 0.2) is 70.7 Å². The van der Waals surface area contributed by atoms with Gasteiger partial charge in [0.05, 0.1) is 17.7 Å². The van der Waals surface area contributed by atoms with Crippen molar-refractivity contribution in [2.45, 2.75) is 25.2 Å². The van der Waals surface area contributed by atoms with Gasteiger partial charge in [0.15, 0.2) is 16.7 Å². The first-order valence-corrected chi connectivity index (χ1v) is 10.1. The molecule has 0 atom stereocenters. The van der Waals surface area contributed by atoms with Crippen molar-refractivity contribution in [3.8, 4) is 17.3 Å². The summed E-state index contributed by atoms with van der Waals surface area (Å²) in [6, 6.07) is 13.2. The van der Waals surface area contributed by atoms with Crippen LogP contribution in [0.5, 0.6) is 0 Å². The molecule has 8 nitrogen and oxygen atoms in total. The second-order valence-corrected chi connectivity index (χ2v) is 7.04. The van der Waals surface area contributed by atoms with Crippen molar-refractivity contribution in [3.05, 3.63) is 66.7 Å². The molecule has 0 bridgehead atoms. The number of benzene rings is 1. The Labute approximate surface area is 171 Å². The molecule has 3 heterocycles. The molecule has 9 heteroatoms. The molecule has 0 radical (unpaired) electrons. The van der Waals surface area contributed by atoms with Crippen molar-refractivity contribution >= 4 is 17.7 Å². The summed E-state index contributed by atoms with van der Waals surface area (Å²) in [4.78, 5) is 12.1. The lowest BCUT2D eigenvalue weighted by Gasteiger charge is -2.07. The van der Waals surface area contributed by atoms with E-state index in [4.69, 9.17) is 9.15 Å². The van der Waals surface area contributed by atoms with Crippen LogP contribution in [0, 0.1) is 0 Å². The average molecular weight is 409 g/mol. The molecule has 0 fully saturated rings. The molecule has 4 aromatic rings. The molecule has 0 saturated carbocycles. The van der Waals surface area contributed by atoms with E-state index in [2.05, 4.69) is 15.3 Å². The van der Waals surface area contributed by atoms with Crippen LogP contribution in [0.1, 0.15) is 12.5 Å². The van der Waals surface area contributed by atoms with Crippen LogP contribution in [-0.4, -0.2) is 36.3 Å². The molecule has 0 aliphatic rings. The first-order chi connectivity index (χ1) is 14.2. The summed E-state index contributed by atoms with van der Waals surface area (Å²) in [5.41, 5.74) is 1.86. The van der Waals surface area contributed by atoms with Gasteiger partial charge in [-0.05, 0) is 42.8 Å². The zero-order valence-corrected chi connectivity index (χ0v) is 16.6. The van der Waals surface area contributed by atoms with Gasteiger partial charge in [0.2, 0.25) is 0 Å². The fourth-order valence-corrected chi connectivity index (χ4v) is 3.56. The lowest BCUT2D eigenvalue weighted by Crippen LogP contribution is -2.08. The lowest BCUT2D eigenvalue weighted by molar-refractivity contribution is -0.141. The third-order valence-electron chi connectivity index (χ3n) is 4.20. The summed E-state index contributed by atoms with van der Waals surface area (Å²) < 4.78 is 14.4. The summed E-state index contributed by atoms with van der Waals surface area (Å²) in [5, 5.41) is 13.2. The highest BCUT2D eigenvalue weighted by molar-refractivity contribution is 7.99. The van der Waals surface area contributed by atoms with Gasteiger partial charge in [-0.25, -0.2) is 4.68 Å². The maximum atomic E-state index is 12.1. The van der Waals surface area contributed by atoms with Crippen LogP contribution >= 0.6 is 11.8 Å². The van der Waals surface area contributed by atoms with Crippen molar-refractivity contribution < 1.29 is 13.9 Å². The molecule has 0 amide bonds. The predicted molar refractivity (Wildman–Crippen MR) is 107 cm³/mol. The number of carbonyl (C=O) groups is 1. The fraction of sp³-hybridized carbons (Fsp3) is 0.200. The van der Waals surface area contributed by atoms with E-state index in [-0.39, 0.29) is 18.3 Å². The molecule has 0 spiro atoms. The molecular formula is C20H19N5O3S. The molecule has 0 aliphatic carbocycles. The van der Waals surface area contributed by atoms with Crippen molar-refractivity contribution in [3.63, 3.8) is 0 Å². The van der Waals surface area contributed by atoms with E-state index in [1.807, 2.05) is 54.1 Å². The standard InChI is InChI=1S/C20H19N5O3S/c1-2-24-19(17-5-3-12-27-17)22-23-20(24)29-14-18(26)28-13-15-6-8-16(9-7-15)25-11-4-10-21-25/h3-12H,2,13-14H2,1H3. The molecular weight excluding hydrogens is 390 g/mol. The Kier molecular flexibility index (Phi) is 5.76. The Bertz CT molecular complexity index is 1060. The van der Waals surface area contributed by atoms with Gasteiger partial charge in [0.25, 0.3) is 0 Å². The highest BCUT2D eigenvalue weighted by Crippen LogP contribution is 2.24. The van der Waals surface area contributed by atoms with Crippen LogP contribution in [-0.2, 0) is 22.7 Å². The summed E-state index contributed by atoms with van der Waals surface area (Å²) in [6.07, 6.45) is 5.19. The second kappa shape index (κ2) is 8.78. The van der Waals surface area contributed by atoms with E-state index < -0.39 is 0 Å². The van der Waals surface area contributed by atoms with Crippen molar-refractivity contribution in [1.82, 2.24) is 24.5 Å². The smallest absolute Gasteiger partial charge is 0.316 e. The van der Waals surface area contributed by atoms with Gasteiger partial charge in [-0.1, -0.05) is 23.9 Å². The average Bonchev–Trinajstić information content (AvgIpc) is 3.52. The molecule has 0 saturated heterocycles. The number of ether oxygens (including phenoxy) is 1. The Balaban J connectivity index is 1.30. The van der Waals surface area contributed by atoms with Gasteiger partial charge in [0, 0.05) is 18.9 Å². The number of rotatable bonds is 8. The Morgan fingerprint density at radius 1 is 1.17 bits per heavy atom. The fourth-order valence-electron chi connectivity index (χ4n) is 2.76. The number of carbonyl (C=O) groups excluding carboxylic acids is 1. The molecule has 1 aromatic carbocycles. The third-order valence-corrected chi connectivity index (χ3v) is 5.14. The zero-order chi connectivity index (χ0) is 20.1. The molecule has 0 unspecified atom stereocenters. The predicted octanol–water partition coefficient (Wildman–Crippen LogP) is 3.58. The van der Waals surface area contributed by atoms with Gasteiger partial charge < -0.3 is 9.15 Å². The summed E-state index contributed by atoms with van der Waals surface area (Å²) in [7, 11) is 0. The van der Waals surface area contributed by atoms with E-state index in [0.717, 1.165) is 11.3 Å². The lowest BCUT2D eigenvalue weighted by atomic mass is 10.2. The van der Waals surface area contributed by atoms with Crippen LogP contribution < -0.4 is 0 Å². The third kappa shape index (κ3) is 4.40. The van der Waals surface area contributed by atoms with E-state index in [1.54, 1.807) is 23.2 Å². The maximum Gasteiger partial charge on any atom is 0.316 e. The van der Waals surface area contributed by atoms with Gasteiger partial charge in [0.1, 0.15) is 6.61 Å². The number of nitrogens with zero attached hydrogens (tertiary/aromatic N) is 5. The number of aromatic nitrogens is 5. The van der Waals surface area contributed by atoms with Crippen molar-refractivity contribution in [1.29, 1.82) is 0 Å². The SMILES string of the molecule is CCn1c(SCC(=O)OCc2ccc(-n3cccn3)cc2)nnc1-c1ccco1. The van der Waals surface area contributed by atoms with Crippen LogP contribution in [0.2, 0.25) is 0 Å². The maximum absolute atomic E-state index is 12.1. The summed E-state index contributed by atoms with van der Waals surface area (Å²) in [5.74, 6) is 1.14. The molecule has 0 N–H and O–H groups in total. The Morgan fingerprint density at radius 3 is 2.72 bits per heavy atom. The monoisotopic (exact) mass is 409 g/mol. The van der Waals surface area contributed by atoms with Crippen LogP contribution in [0.4, 0.5) is 0 Å². The normalized spacial score (nSPS) is 10.9. The van der Waals surface area contributed by atoms with Crippen molar-refractivity contribution in [2.75, 3.05) is 5.75 Å². The van der Waals surface area contributed by atoms with E-state index in [9.17, 15) is 4.79 Å². The van der Waals surface area contributed by atoms with E-state index in [0.29, 0.717) is 23.3 Å². The van der Waals surface area contributed by atoms with E-state index >= 15 is 0 Å². The molecule has 3 aromatic heterocycles. The number of hydrogen-bond donors (Lipinski definition) is 0. The van der Waals surface area contributed by atoms with Gasteiger partial charge in [-0.2, -0.15) is 5.10 Å². The quantitative estimate of drug-likeness (QED) is 0.325. The van der Waals surface area contributed by atoms with Gasteiger partial charge in [-0.15, -0.1) is 10.2 Å². The van der Waals surface area contributed by atoms with Gasteiger partial charge in [-0.3, -0.25) is 9.36 Å². The molecule has 0 aliphatic heterocycles. The first-order valence-electron chi connectivity index (χ1n) is 9.09. The highest BCUT2D eigenvalue weighted by Gasteiger charge is 2.16. The zero-order valence-electron chi connectivity index (χ0n) is 15.8. The van der Waals surface area contributed by atoms with Crippen LogP contribution in [0.3, 0.4) is 0 Å². The number of thioether (sulfide) groups is 1. The van der Waals surface area contributed by atoms with Crippen LogP contribution in [0.25, 0.3) is 17.3 Å². The summed E-state index contributed by atoms with van der Waals surface area (Å²) >= 11 is 1.30. The topological polar surface area (TPSA) is 88.0 Å². The minimum Gasteiger partial charge on any atom is -0.461 e. The largest absolute Gasteiger partial charge is 0.461 e. The highest BCUT2D eigenvalue weighted by atomic mass is 32.2. The molecule has 148 valence electrons.